The minimum Gasteiger partial charge on any atom is -0.508 e. The Morgan fingerprint density at radius 3 is 2.18 bits per heavy atom. The zero-order valence-electron chi connectivity index (χ0n) is 8.78. The van der Waals surface area contributed by atoms with Crippen molar-refractivity contribution in [2.75, 3.05) is 0 Å². The monoisotopic (exact) mass is 266 g/mol. The van der Waals surface area contributed by atoms with Crippen LogP contribution in [-0.4, -0.2) is 9.32 Å². The molecule has 0 heterocycles. The summed E-state index contributed by atoms with van der Waals surface area (Å²) in [4.78, 5) is 0.370. The van der Waals surface area contributed by atoms with E-state index in [1.54, 1.807) is 24.3 Å². The SMILES string of the molecule is O=S(=S)(Oc1ccccc1)c1ccc(O)cc1. The molecule has 0 amide bonds. The normalized spacial score (nSPS) is 13.9. The number of hydrogen-bond donors (Lipinski definition) is 1. The van der Waals surface area contributed by atoms with Gasteiger partial charge in [-0.15, -0.1) is 0 Å². The van der Waals surface area contributed by atoms with Crippen molar-refractivity contribution in [2.45, 2.75) is 4.90 Å². The molecule has 0 aliphatic carbocycles. The molecule has 0 spiro atoms. The van der Waals surface area contributed by atoms with Crippen molar-refractivity contribution in [2.24, 2.45) is 0 Å². The van der Waals surface area contributed by atoms with E-state index in [1.807, 2.05) is 6.07 Å². The van der Waals surface area contributed by atoms with Crippen LogP contribution in [0.4, 0.5) is 0 Å². The first-order chi connectivity index (χ1) is 8.08. The van der Waals surface area contributed by atoms with Gasteiger partial charge in [0.15, 0.2) is 0 Å². The minimum atomic E-state index is -3.01. The molecule has 1 atom stereocenters. The van der Waals surface area contributed by atoms with Gasteiger partial charge in [0.1, 0.15) is 11.5 Å². The molecule has 5 heteroatoms. The molecular formula is C12H10O3S2. The van der Waals surface area contributed by atoms with E-state index in [0.29, 0.717) is 10.6 Å². The van der Waals surface area contributed by atoms with Gasteiger partial charge >= 0.3 is 0 Å². The lowest BCUT2D eigenvalue weighted by Gasteiger charge is -2.09. The summed E-state index contributed by atoms with van der Waals surface area (Å²) in [7, 11) is -3.01. The maximum absolute atomic E-state index is 12.2. The lowest BCUT2D eigenvalue weighted by atomic mass is 10.3. The molecule has 0 bridgehead atoms. The second-order valence-corrected chi connectivity index (χ2v) is 6.21. The van der Waals surface area contributed by atoms with Gasteiger partial charge in [0.2, 0.25) is 8.77 Å². The fourth-order valence-electron chi connectivity index (χ4n) is 1.26. The highest BCUT2D eigenvalue weighted by Gasteiger charge is 2.11. The Labute approximate surface area is 105 Å². The number of para-hydroxylation sites is 1. The van der Waals surface area contributed by atoms with Crippen molar-refractivity contribution in [1.82, 2.24) is 0 Å². The molecule has 2 aromatic rings. The first-order valence-electron chi connectivity index (χ1n) is 4.86. The number of benzene rings is 2. The average molecular weight is 266 g/mol. The molecule has 88 valence electrons. The third-order valence-corrected chi connectivity index (χ3v) is 4.12. The molecular weight excluding hydrogens is 256 g/mol. The number of phenols is 1. The molecule has 0 radical (unpaired) electrons. The van der Waals surface area contributed by atoms with Crippen molar-refractivity contribution in [1.29, 1.82) is 0 Å². The molecule has 0 fully saturated rings. The van der Waals surface area contributed by atoms with E-state index in [2.05, 4.69) is 0 Å². The molecule has 0 saturated carbocycles. The Balaban J connectivity index is 2.29. The lowest BCUT2D eigenvalue weighted by Crippen LogP contribution is -2.07. The van der Waals surface area contributed by atoms with Crippen LogP contribution >= 0.6 is 0 Å². The van der Waals surface area contributed by atoms with E-state index >= 15 is 0 Å². The highest BCUT2D eigenvalue weighted by atomic mass is 32.8. The van der Waals surface area contributed by atoms with Crippen molar-refractivity contribution in [3.63, 3.8) is 0 Å². The van der Waals surface area contributed by atoms with E-state index < -0.39 is 8.77 Å². The summed E-state index contributed by atoms with van der Waals surface area (Å²) in [5.74, 6) is 0.555. The van der Waals surface area contributed by atoms with Crippen LogP contribution in [0.25, 0.3) is 0 Å². The van der Waals surface area contributed by atoms with E-state index in [0.717, 1.165) is 0 Å². The molecule has 2 rings (SSSR count). The van der Waals surface area contributed by atoms with Crippen LogP contribution in [0.2, 0.25) is 0 Å². The Kier molecular flexibility index (Phi) is 3.31. The van der Waals surface area contributed by atoms with Crippen LogP contribution in [0.5, 0.6) is 11.5 Å². The highest BCUT2D eigenvalue weighted by Crippen LogP contribution is 2.20. The van der Waals surface area contributed by atoms with E-state index in [-0.39, 0.29) is 5.75 Å². The molecule has 3 nitrogen and oxygen atoms in total. The van der Waals surface area contributed by atoms with Gasteiger partial charge in [-0.25, -0.2) is 4.21 Å². The third-order valence-electron chi connectivity index (χ3n) is 2.07. The summed E-state index contributed by atoms with van der Waals surface area (Å²) < 4.78 is 17.5. The highest BCUT2D eigenvalue weighted by molar-refractivity contribution is 8.30. The molecule has 0 aromatic heterocycles. The number of rotatable bonds is 3. The fraction of sp³-hybridized carbons (Fsp3) is 0. The summed E-state index contributed by atoms with van der Waals surface area (Å²) in [6.45, 7) is 0. The van der Waals surface area contributed by atoms with Crippen molar-refractivity contribution >= 4 is 20.0 Å². The predicted molar refractivity (Wildman–Crippen MR) is 69.0 cm³/mol. The van der Waals surface area contributed by atoms with Crippen LogP contribution < -0.4 is 4.18 Å². The van der Waals surface area contributed by atoms with Gasteiger partial charge < -0.3 is 9.29 Å². The van der Waals surface area contributed by atoms with E-state index in [1.165, 1.54) is 24.3 Å². The van der Waals surface area contributed by atoms with Crippen molar-refractivity contribution in [3.05, 3.63) is 54.6 Å². The van der Waals surface area contributed by atoms with E-state index in [9.17, 15) is 4.21 Å². The van der Waals surface area contributed by atoms with Crippen LogP contribution in [0.15, 0.2) is 59.5 Å². The Hall–Kier alpha value is -1.59. The Morgan fingerprint density at radius 1 is 1.00 bits per heavy atom. The molecule has 1 N–H and O–H groups in total. The standard InChI is InChI=1S/C12H10O3S2/c13-10-6-8-12(9-7-10)17(14,16)15-11-4-2-1-3-5-11/h1-9,13H. The number of phenolic OH excluding ortho intramolecular Hbond substituents is 1. The molecule has 1 unspecified atom stereocenters. The topological polar surface area (TPSA) is 46.5 Å². The maximum atomic E-state index is 12.2. The van der Waals surface area contributed by atoms with E-state index in [4.69, 9.17) is 20.5 Å². The zero-order valence-corrected chi connectivity index (χ0v) is 10.4. The van der Waals surface area contributed by atoms with Crippen molar-refractivity contribution < 1.29 is 13.5 Å². The first kappa shape index (κ1) is 11.9. The third kappa shape index (κ3) is 2.95. The molecule has 0 aliphatic rings. The van der Waals surface area contributed by atoms with Gasteiger partial charge in [-0.2, -0.15) is 0 Å². The fourth-order valence-corrected chi connectivity index (χ4v) is 2.76. The van der Waals surface area contributed by atoms with Crippen LogP contribution in [-0.2, 0) is 20.0 Å². The molecule has 0 aliphatic heterocycles. The maximum Gasteiger partial charge on any atom is 0.215 e. The van der Waals surface area contributed by atoms with Crippen LogP contribution in [0.3, 0.4) is 0 Å². The zero-order chi connectivity index (χ0) is 12.3. The van der Waals surface area contributed by atoms with Gasteiger partial charge in [-0.1, -0.05) is 18.2 Å². The second kappa shape index (κ2) is 4.73. The Morgan fingerprint density at radius 2 is 1.59 bits per heavy atom. The largest absolute Gasteiger partial charge is 0.508 e. The quantitative estimate of drug-likeness (QED) is 0.927. The summed E-state index contributed by atoms with van der Waals surface area (Å²) in [5, 5.41) is 9.14. The Bertz CT molecular complexity index is 589. The summed E-state index contributed by atoms with van der Waals surface area (Å²) in [6.07, 6.45) is 0. The number of aromatic hydroxyl groups is 1. The first-order valence-corrected chi connectivity index (χ1v) is 7.27. The summed E-state index contributed by atoms with van der Waals surface area (Å²) in [5.41, 5.74) is 0. The number of hydrogen-bond acceptors (Lipinski definition) is 4. The minimum absolute atomic E-state index is 0.0960. The van der Waals surface area contributed by atoms with Crippen LogP contribution in [0, 0.1) is 0 Å². The molecule has 0 saturated heterocycles. The predicted octanol–water partition coefficient (Wildman–Crippen LogP) is 2.49. The van der Waals surface area contributed by atoms with Gasteiger partial charge in [0.25, 0.3) is 0 Å². The molecule has 2 aromatic carbocycles. The lowest BCUT2D eigenvalue weighted by molar-refractivity contribution is 0.474. The summed E-state index contributed by atoms with van der Waals surface area (Å²) >= 11 is 4.96. The average Bonchev–Trinajstić information content (AvgIpc) is 2.30. The molecule has 17 heavy (non-hydrogen) atoms. The summed E-state index contributed by atoms with van der Waals surface area (Å²) in [6, 6.07) is 14.6. The van der Waals surface area contributed by atoms with Gasteiger partial charge in [0.05, 0.1) is 4.90 Å². The smallest absolute Gasteiger partial charge is 0.215 e. The second-order valence-electron chi connectivity index (χ2n) is 3.34. The van der Waals surface area contributed by atoms with Crippen molar-refractivity contribution in [3.8, 4) is 11.5 Å². The van der Waals surface area contributed by atoms with Crippen LogP contribution in [0.1, 0.15) is 0 Å². The van der Waals surface area contributed by atoms with Gasteiger partial charge in [-0.05, 0) is 36.4 Å². The van der Waals surface area contributed by atoms with Gasteiger partial charge in [0, 0.05) is 11.2 Å². The van der Waals surface area contributed by atoms with Gasteiger partial charge in [-0.3, -0.25) is 0 Å².